The first-order chi connectivity index (χ1) is 14.6. The molecule has 3 rings (SSSR count). The molecular formula is C22H26Cl2N2O4. The van der Waals surface area contributed by atoms with Crippen LogP contribution in [0.15, 0.2) is 42.5 Å². The van der Waals surface area contributed by atoms with Crippen molar-refractivity contribution in [2.24, 2.45) is 11.7 Å². The van der Waals surface area contributed by atoms with Crippen LogP contribution in [0.2, 0.25) is 10.0 Å². The summed E-state index contributed by atoms with van der Waals surface area (Å²) in [4.78, 5) is 14.5. The van der Waals surface area contributed by atoms with Crippen LogP contribution in [0.1, 0.15) is 5.56 Å². The number of nitrogens with two attached hydrogens (primary N) is 1. The number of hydrogen-bond donors (Lipinski definition) is 1. The molecule has 0 aromatic heterocycles. The van der Waals surface area contributed by atoms with Gasteiger partial charge in [-0.1, -0.05) is 41.4 Å². The molecule has 1 fully saturated rings. The van der Waals surface area contributed by atoms with Gasteiger partial charge in [0.05, 0.1) is 29.2 Å². The van der Waals surface area contributed by atoms with Gasteiger partial charge in [-0.2, -0.15) is 0 Å². The maximum Gasteiger partial charge on any atom is 0.227 e. The lowest BCUT2D eigenvalue weighted by atomic mass is 9.97. The zero-order valence-corrected chi connectivity index (χ0v) is 18.2. The number of halogens is 2. The minimum Gasteiger partial charge on any atom is -0.490 e. The first kappa shape index (κ1) is 22.7. The van der Waals surface area contributed by atoms with Gasteiger partial charge in [0, 0.05) is 19.6 Å². The van der Waals surface area contributed by atoms with E-state index < -0.39 is 0 Å². The Morgan fingerprint density at radius 1 is 1.03 bits per heavy atom. The monoisotopic (exact) mass is 452 g/mol. The van der Waals surface area contributed by atoms with Gasteiger partial charge in [-0.25, -0.2) is 0 Å². The summed E-state index contributed by atoms with van der Waals surface area (Å²) in [6.07, 6.45) is 0.598. The average Bonchev–Trinajstić information content (AvgIpc) is 2.77. The van der Waals surface area contributed by atoms with Crippen molar-refractivity contribution >= 4 is 29.1 Å². The van der Waals surface area contributed by atoms with Crippen LogP contribution in [0, 0.1) is 5.92 Å². The molecule has 1 atom stereocenters. The van der Waals surface area contributed by atoms with Crippen molar-refractivity contribution in [1.82, 2.24) is 4.90 Å². The molecule has 2 N–H and O–H groups in total. The Morgan fingerprint density at radius 2 is 1.67 bits per heavy atom. The second-order valence-corrected chi connectivity index (χ2v) is 7.78. The van der Waals surface area contributed by atoms with Crippen molar-refractivity contribution in [2.45, 2.75) is 6.42 Å². The largest absolute Gasteiger partial charge is 0.490 e. The van der Waals surface area contributed by atoms with Crippen molar-refractivity contribution in [3.05, 3.63) is 58.1 Å². The molecule has 0 spiro atoms. The smallest absolute Gasteiger partial charge is 0.227 e. The maximum absolute atomic E-state index is 12.7. The topological polar surface area (TPSA) is 74.0 Å². The molecule has 2 aromatic rings. The summed E-state index contributed by atoms with van der Waals surface area (Å²) in [6.45, 7) is 3.41. The normalized spacial score (nSPS) is 15.0. The van der Waals surface area contributed by atoms with Crippen LogP contribution in [0.4, 0.5) is 0 Å². The SMILES string of the molecule is NCC(Cc1ccc(OCCOc2c(Cl)cccc2Cl)cc1)C(=O)N1CCOCC1. The van der Waals surface area contributed by atoms with Crippen molar-refractivity contribution in [3.63, 3.8) is 0 Å². The van der Waals surface area contributed by atoms with Crippen LogP contribution in [-0.4, -0.2) is 56.9 Å². The number of para-hydroxylation sites is 1. The van der Waals surface area contributed by atoms with Crippen molar-refractivity contribution in [3.8, 4) is 11.5 Å². The van der Waals surface area contributed by atoms with E-state index in [1.807, 2.05) is 29.2 Å². The first-order valence-corrected chi connectivity index (χ1v) is 10.7. The third kappa shape index (κ3) is 6.25. The molecule has 1 saturated heterocycles. The van der Waals surface area contributed by atoms with E-state index in [1.54, 1.807) is 18.2 Å². The van der Waals surface area contributed by atoms with Gasteiger partial charge >= 0.3 is 0 Å². The van der Waals surface area contributed by atoms with E-state index in [2.05, 4.69) is 0 Å². The van der Waals surface area contributed by atoms with E-state index in [4.69, 9.17) is 43.1 Å². The van der Waals surface area contributed by atoms with Crippen LogP contribution in [0.3, 0.4) is 0 Å². The van der Waals surface area contributed by atoms with Crippen LogP contribution >= 0.6 is 23.2 Å². The number of carbonyl (C=O) groups excluding carboxylic acids is 1. The Bertz CT molecular complexity index is 806. The third-order valence-corrected chi connectivity index (χ3v) is 5.47. The van der Waals surface area contributed by atoms with E-state index in [0.29, 0.717) is 68.3 Å². The maximum atomic E-state index is 12.7. The van der Waals surface area contributed by atoms with Gasteiger partial charge in [-0.15, -0.1) is 0 Å². The van der Waals surface area contributed by atoms with E-state index in [9.17, 15) is 4.79 Å². The summed E-state index contributed by atoms with van der Waals surface area (Å²) in [6, 6.07) is 12.9. The molecule has 1 unspecified atom stereocenters. The quantitative estimate of drug-likeness (QED) is 0.589. The van der Waals surface area contributed by atoms with Crippen LogP contribution in [-0.2, 0) is 16.0 Å². The Balaban J connectivity index is 1.46. The highest BCUT2D eigenvalue weighted by atomic mass is 35.5. The lowest BCUT2D eigenvalue weighted by molar-refractivity contribution is -0.139. The molecule has 1 heterocycles. The van der Waals surface area contributed by atoms with Gasteiger partial charge in [0.1, 0.15) is 19.0 Å². The molecule has 0 saturated carbocycles. The zero-order valence-electron chi connectivity index (χ0n) is 16.7. The molecular weight excluding hydrogens is 427 g/mol. The third-order valence-electron chi connectivity index (χ3n) is 4.88. The molecule has 1 amide bonds. The number of carbonyl (C=O) groups is 1. The van der Waals surface area contributed by atoms with Gasteiger partial charge < -0.3 is 24.8 Å². The average molecular weight is 453 g/mol. The molecule has 6 nitrogen and oxygen atoms in total. The summed E-state index contributed by atoms with van der Waals surface area (Å²) in [5.41, 5.74) is 6.91. The molecule has 0 radical (unpaired) electrons. The van der Waals surface area contributed by atoms with Gasteiger partial charge in [0.25, 0.3) is 0 Å². The van der Waals surface area contributed by atoms with Crippen molar-refractivity contribution in [2.75, 3.05) is 46.1 Å². The molecule has 1 aliphatic heterocycles. The van der Waals surface area contributed by atoms with Crippen LogP contribution < -0.4 is 15.2 Å². The highest BCUT2D eigenvalue weighted by Crippen LogP contribution is 2.32. The highest BCUT2D eigenvalue weighted by molar-refractivity contribution is 6.37. The number of nitrogens with zero attached hydrogens (tertiary/aromatic N) is 1. The fourth-order valence-electron chi connectivity index (χ4n) is 3.24. The van der Waals surface area contributed by atoms with E-state index in [1.165, 1.54) is 0 Å². The predicted octanol–water partition coefficient (Wildman–Crippen LogP) is 3.43. The second kappa shape index (κ2) is 11.4. The Morgan fingerprint density at radius 3 is 2.30 bits per heavy atom. The summed E-state index contributed by atoms with van der Waals surface area (Å²) in [5.74, 6) is 1.04. The van der Waals surface area contributed by atoms with E-state index in [0.717, 1.165) is 11.3 Å². The Labute approximate surface area is 186 Å². The minimum atomic E-state index is -0.233. The van der Waals surface area contributed by atoms with Gasteiger partial charge in [0.2, 0.25) is 5.91 Å². The van der Waals surface area contributed by atoms with E-state index in [-0.39, 0.29) is 11.8 Å². The second-order valence-electron chi connectivity index (χ2n) is 6.97. The number of ether oxygens (including phenoxy) is 3. The van der Waals surface area contributed by atoms with Gasteiger partial charge in [0.15, 0.2) is 5.75 Å². The number of benzene rings is 2. The van der Waals surface area contributed by atoms with Crippen LogP contribution in [0.5, 0.6) is 11.5 Å². The minimum absolute atomic E-state index is 0.0940. The summed E-state index contributed by atoms with van der Waals surface area (Å²) < 4.78 is 16.6. The number of amides is 1. The lowest BCUT2D eigenvalue weighted by Gasteiger charge is -2.30. The Kier molecular flexibility index (Phi) is 8.63. The predicted molar refractivity (Wildman–Crippen MR) is 118 cm³/mol. The first-order valence-electron chi connectivity index (χ1n) is 9.93. The number of morpholine rings is 1. The molecule has 0 bridgehead atoms. The number of hydrogen-bond acceptors (Lipinski definition) is 5. The molecule has 8 heteroatoms. The van der Waals surface area contributed by atoms with Crippen molar-refractivity contribution in [1.29, 1.82) is 0 Å². The van der Waals surface area contributed by atoms with E-state index >= 15 is 0 Å². The molecule has 162 valence electrons. The Hall–Kier alpha value is -1.99. The van der Waals surface area contributed by atoms with Gasteiger partial charge in [-0.3, -0.25) is 4.79 Å². The standard InChI is InChI=1S/C22H26Cl2N2O4/c23-19-2-1-3-20(24)21(19)30-13-12-29-18-6-4-16(5-7-18)14-17(15-25)22(27)26-8-10-28-11-9-26/h1-7,17H,8-15,25H2. The highest BCUT2D eigenvalue weighted by Gasteiger charge is 2.24. The summed E-state index contributed by atoms with van der Waals surface area (Å²) in [7, 11) is 0. The van der Waals surface area contributed by atoms with Gasteiger partial charge in [-0.05, 0) is 36.2 Å². The number of rotatable bonds is 9. The molecule has 30 heavy (non-hydrogen) atoms. The lowest BCUT2D eigenvalue weighted by Crippen LogP contribution is -2.45. The molecule has 0 aliphatic carbocycles. The zero-order chi connectivity index (χ0) is 21.3. The fraction of sp³-hybridized carbons (Fsp3) is 0.409. The van der Waals surface area contributed by atoms with Crippen LogP contribution in [0.25, 0.3) is 0 Å². The fourth-order valence-corrected chi connectivity index (χ4v) is 3.75. The molecule has 1 aliphatic rings. The summed E-state index contributed by atoms with van der Waals surface area (Å²) >= 11 is 12.2. The molecule has 2 aromatic carbocycles. The van der Waals surface area contributed by atoms with Crippen molar-refractivity contribution < 1.29 is 19.0 Å². The summed E-state index contributed by atoms with van der Waals surface area (Å²) in [5, 5.41) is 0.931.